The second-order valence-electron chi connectivity index (χ2n) is 6.47. The highest BCUT2D eigenvalue weighted by Crippen LogP contribution is 2.26. The first-order valence-electron chi connectivity index (χ1n) is 9.11. The number of anilines is 1. The van der Waals surface area contributed by atoms with Crippen LogP contribution in [-0.2, 0) is 23.1 Å². The summed E-state index contributed by atoms with van der Waals surface area (Å²) in [5.74, 6) is -1.31. The molecule has 28 heavy (non-hydrogen) atoms. The molecule has 8 nitrogen and oxygen atoms in total. The van der Waals surface area contributed by atoms with E-state index in [0.29, 0.717) is 19.5 Å². The average molecular weight is 390 g/mol. The van der Waals surface area contributed by atoms with Gasteiger partial charge in [0.1, 0.15) is 6.61 Å². The van der Waals surface area contributed by atoms with Gasteiger partial charge in [0.25, 0.3) is 0 Å². The largest absolute Gasteiger partial charge is 0.461 e. The number of aryl methyl sites for hydroxylation is 1. The number of halogens is 1. The number of ether oxygens (including phenoxy) is 2. The topological polar surface area (TPSA) is 85.7 Å². The van der Waals surface area contributed by atoms with Crippen molar-refractivity contribution in [2.45, 2.75) is 26.0 Å². The van der Waals surface area contributed by atoms with E-state index in [4.69, 9.17) is 9.47 Å². The van der Waals surface area contributed by atoms with E-state index >= 15 is 0 Å². The summed E-state index contributed by atoms with van der Waals surface area (Å²) < 4.78 is 26.0. The molecule has 1 unspecified atom stereocenters. The molecule has 1 saturated heterocycles. The molecule has 1 amide bonds. The number of aromatic nitrogens is 2. The Balaban J connectivity index is 1.56. The van der Waals surface area contributed by atoms with E-state index in [1.807, 2.05) is 30.3 Å². The Hall–Kier alpha value is -3.10. The number of nitrogens with one attached hydrogen (secondary N) is 1. The lowest BCUT2D eigenvalue weighted by Gasteiger charge is -2.18. The van der Waals surface area contributed by atoms with Crippen molar-refractivity contribution in [1.29, 1.82) is 0 Å². The van der Waals surface area contributed by atoms with Gasteiger partial charge in [0.05, 0.1) is 12.6 Å². The maximum atomic E-state index is 14.7. The van der Waals surface area contributed by atoms with E-state index in [1.54, 1.807) is 18.9 Å². The SMILES string of the molecule is CCOC(=O)c1nn(C)c(N2CCC(NC(=O)OCc3ccccc3)C2)c1F. The van der Waals surface area contributed by atoms with Crippen molar-refractivity contribution in [2.24, 2.45) is 7.05 Å². The van der Waals surface area contributed by atoms with Crippen molar-refractivity contribution in [1.82, 2.24) is 15.1 Å². The van der Waals surface area contributed by atoms with E-state index in [9.17, 15) is 14.0 Å². The van der Waals surface area contributed by atoms with Gasteiger partial charge in [0.2, 0.25) is 5.69 Å². The van der Waals surface area contributed by atoms with Crippen LogP contribution in [0.5, 0.6) is 0 Å². The lowest BCUT2D eigenvalue weighted by Crippen LogP contribution is -2.37. The molecule has 1 aromatic carbocycles. The summed E-state index contributed by atoms with van der Waals surface area (Å²) in [4.78, 5) is 25.6. The van der Waals surface area contributed by atoms with Crippen LogP contribution in [-0.4, -0.2) is 47.6 Å². The number of rotatable bonds is 6. The molecule has 0 aliphatic carbocycles. The zero-order valence-corrected chi connectivity index (χ0v) is 15.9. The van der Waals surface area contributed by atoms with Gasteiger partial charge >= 0.3 is 12.1 Å². The van der Waals surface area contributed by atoms with Crippen LogP contribution in [0.1, 0.15) is 29.4 Å². The number of alkyl carbamates (subject to hydrolysis) is 1. The van der Waals surface area contributed by atoms with Crippen LogP contribution in [0.3, 0.4) is 0 Å². The normalized spacial score (nSPS) is 16.1. The van der Waals surface area contributed by atoms with Gasteiger partial charge in [-0.3, -0.25) is 0 Å². The van der Waals surface area contributed by atoms with Crippen molar-refractivity contribution in [2.75, 3.05) is 24.6 Å². The van der Waals surface area contributed by atoms with Gasteiger partial charge < -0.3 is 19.7 Å². The Morgan fingerprint density at radius 1 is 1.29 bits per heavy atom. The predicted octanol–water partition coefficient (Wildman–Crippen LogP) is 2.24. The van der Waals surface area contributed by atoms with Gasteiger partial charge in [-0.1, -0.05) is 30.3 Å². The fourth-order valence-corrected chi connectivity index (χ4v) is 3.16. The first-order chi connectivity index (χ1) is 13.5. The number of hydrogen-bond donors (Lipinski definition) is 1. The van der Waals surface area contributed by atoms with Gasteiger partial charge in [-0.05, 0) is 18.9 Å². The number of esters is 1. The van der Waals surface area contributed by atoms with Crippen molar-refractivity contribution in [3.05, 3.63) is 47.4 Å². The monoisotopic (exact) mass is 390 g/mol. The first kappa shape index (κ1) is 19.7. The summed E-state index contributed by atoms with van der Waals surface area (Å²) in [6.07, 6.45) is 0.105. The minimum Gasteiger partial charge on any atom is -0.461 e. The van der Waals surface area contributed by atoms with E-state index in [2.05, 4.69) is 10.4 Å². The molecule has 150 valence electrons. The molecular weight excluding hydrogens is 367 g/mol. The average Bonchev–Trinajstić information content (AvgIpc) is 3.24. The highest BCUT2D eigenvalue weighted by molar-refractivity contribution is 5.88. The third-order valence-electron chi connectivity index (χ3n) is 4.45. The molecule has 0 spiro atoms. The molecule has 1 atom stereocenters. The third kappa shape index (κ3) is 4.41. The molecule has 2 aromatic rings. The van der Waals surface area contributed by atoms with Crippen LogP contribution < -0.4 is 10.2 Å². The van der Waals surface area contributed by atoms with Crippen molar-refractivity contribution in [3.63, 3.8) is 0 Å². The Morgan fingerprint density at radius 2 is 2.04 bits per heavy atom. The molecule has 1 N–H and O–H groups in total. The highest BCUT2D eigenvalue weighted by atomic mass is 19.1. The predicted molar refractivity (Wildman–Crippen MR) is 99.5 cm³/mol. The molecule has 1 aliphatic rings. The summed E-state index contributed by atoms with van der Waals surface area (Å²) in [5.41, 5.74) is 0.562. The maximum Gasteiger partial charge on any atom is 0.407 e. The van der Waals surface area contributed by atoms with E-state index in [1.165, 1.54) is 4.68 Å². The Bertz CT molecular complexity index is 840. The van der Waals surface area contributed by atoms with Crippen LogP contribution in [0.25, 0.3) is 0 Å². The summed E-state index contributed by atoms with van der Waals surface area (Å²) >= 11 is 0. The first-order valence-corrected chi connectivity index (χ1v) is 9.11. The second kappa shape index (κ2) is 8.73. The number of benzene rings is 1. The number of carbonyl (C=O) groups is 2. The standard InChI is InChI=1S/C19H23FN4O4/c1-3-27-18(25)16-15(20)17(23(2)22-16)24-10-9-14(11-24)21-19(26)28-12-13-7-5-4-6-8-13/h4-8,14H,3,9-12H2,1-2H3,(H,21,26). The Kier molecular flexibility index (Phi) is 6.13. The summed E-state index contributed by atoms with van der Waals surface area (Å²) in [6, 6.07) is 9.19. The Labute approximate surface area is 162 Å². The lowest BCUT2D eigenvalue weighted by molar-refractivity contribution is 0.0513. The van der Waals surface area contributed by atoms with Crippen LogP contribution in [0.4, 0.5) is 15.0 Å². The molecule has 0 radical (unpaired) electrons. The van der Waals surface area contributed by atoms with E-state index < -0.39 is 17.9 Å². The van der Waals surface area contributed by atoms with Crippen LogP contribution in [0.15, 0.2) is 30.3 Å². The van der Waals surface area contributed by atoms with Crippen LogP contribution in [0.2, 0.25) is 0 Å². The molecule has 9 heteroatoms. The molecule has 1 aromatic heterocycles. The quantitative estimate of drug-likeness (QED) is 0.762. The van der Waals surface area contributed by atoms with Gasteiger partial charge in [-0.2, -0.15) is 5.10 Å². The fourth-order valence-electron chi connectivity index (χ4n) is 3.16. The van der Waals surface area contributed by atoms with Gasteiger partial charge in [-0.25, -0.2) is 18.7 Å². The highest BCUT2D eigenvalue weighted by Gasteiger charge is 2.32. The maximum absolute atomic E-state index is 14.7. The zero-order valence-electron chi connectivity index (χ0n) is 15.9. The summed E-state index contributed by atoms with van der Waals surface area (Å²) in [5, 5.41) is 6.73. The number of carbonyl (C=O) groups excluding carboxylic acids is 2. The lowest BCUT2D eigenvalue weighted by atomic mass is 10.2. The third-order valence-corrected chi connectivity index (χ3v) is 4.45. The molecule has 2 heterocycles. The summed E-state index contributed by atoms with van der Waals surface area (Å²) in [7, 11) is 1.57. The number of hydrogen-bond acceptors (Lipinski definition) is 6. The molecule has 0 bridgehead atoms. The van der Waals surface area contributed by atoms with Crippen LogP contribution >= 0.6 is 0 Å². The van der Waals surface area contributed by atoms with Crippen LogP contribution in [0, 0.1) is 5.82 Å². The van der Waals surface area contributed by atoms with Crippen molar-refractivity contribution in [3.8, 4) is 0 Å². The fraction of sp³-hybridized carbons (Fsp3) is 0.421. The van der Waals surface area contributed by atoms with Crippen molar-refractivity contribution < 1.29 is 23.5 Å². The van der Waals surface area contributed by atoms with E-state index in [0.717, 1.165) is 5.56 Å². The molecular formula is C19H23FN4O4. The van der Waals surface area contributed by atoms with Gasteiger partial charge in [0.15, 0.2) is 11.6 Å². The van der Waals surface area contributed by atoms with Gasteiger partial charge in [-0.15, -0.1) is 0 Å². The molecule has 3 rings (SSSR count). The van der Waals surface area contributed by atoms with Gasteiger partial charge in [0, 0.05) is 20.1 Å². The van der Waals surface area contributed by atoms with Crippen molar-refractivity contribution >= 4 is 17.9 Å². The number of amides is 1. The Morgan fingerprint density at radius 3 is 2.75 bits per heavy atom. The zero-order chi connectivity index (χ0) is 20.1. The number of nitrogens with zero attached hydrogens (tertiary/aromatic N) is 3. The van der Waals surface area contributed by atoms with E-state index in [-0.39, 0.29) is 30.8 Å². The molecule has 0 saturated carbocycles. The summed E-state index contributed by atoms with van der Waals surface area (Å²) in [6.45, 7) is 2.88. The molecule has 1 fully saturated rings. The minimum absolute atomic E-state index is 0.144. The second-order valence-corrected chi connectivity index (χ2v) is 6.47. The minimum atomic E-state index is -0.791. The smallest absolute Gasteiger partial charge is 0.407 e. The molecule has 1 aliphatic heterocycles.